The zero-order chi connectivity index (χ0) is 17.1. The fourth-order valence-corrected chi connectivity index (χ4v) is 3.14. The highest BCUT2D eigenvalue weighted by Crippen LogP contribution is 2.35. The van der Waals surface area contributed by atoms with Crippen LogP contribution >= 0.6 is 0 Å². The van der Waals surface area contributed by atoms with Crippen LogP contribution in [0.1, 0.15) is 22.0 Å². The van der Waals surface area contributed by atoms with Gasteiger partial charge < -0.3 is 14.7 Å². The number of benzene rings is 1. The predicted molar refractivity (Wildman–Crippen MR) is 88.1 cm³/mol. The number of aromatic nitrogens is 1. The van der Waals surface area contributed by atoms with Crippen LogP contribution in [0.5, 0.6) is 0 Å². The number of hydrogen-bond donors (Lipinski definition) is 1. The number of esters is 1. The summed E-state index contributed by atoms with van der Waals surface area (Å²) < 4.78 is 4.95. The highest BCUT2D eigenvalue weighted by atomic mass is 16.5. The van der Waals surface area contributed by atoms with Crippen LogP contribution in [0.3, 0.4) is 0 Å². The first-order chi connectivity index (χ1) is 11.6. The summed E-state index contributed by atoms with van der Waals surface area (Å²) in [6.45, 7) is 1.03. The Kier molecular flexibility index (Phi) is 4.46. The van der Waals surface area contributed by atoms with Crippen molar-refractivity contribution in [1.29, 1.82) is 0 Å². The molecule has 0 spiro atoms. The first-order valence-electron chi connectivity index (χ1n) is 7.68. The predicted octanol–water partition coefficient (Wildman–Crippen LogP) is 2.17. The van der Waals surface area contributed by atoms with E-state index in [4.69, 9.17) is 9.84 Å². The van der Waals surface area contributed by atoms with Gasteiger partial charge in [-0.1, -0.05) is 36.4 Å². The largest absolute Gasteiger partial charge is 0.477 e. The van der Waals surface area contributed by atoms with Crippen LogP contribution in [-0.2, 0) is 9.53 Å². The van der Waals surface area contributed by atoms with E-state index in [9.17, 15) is 9.59 Å². The van der Waals surface area contributed by atoms with Crippen molar-refractivity contribution in [2.75, 3.05) is 25.1 Å². The van der Waals surface area contributed by atoms with Gasteiger partial charge in [-0.15, -0.1) is 0 Å². The number of aromatic carboxylic acids is 1. The number of carbonyl (C=O) groups is 2. The Morgan fingerprint density at radius 2 is 1.88 bits per heavy atom. The first-order valence-corrected chi connectivity index (χ1v) is 7.68. The lowest BCUT2D eigenvalue weighted by molar-refractivity contribution is -0.145. The van der Waals surface area contributed by atoms with Crippen molar-refractivity contribution < 1.29 is 19.4 Å². The second kappa shape index (κ2) is 6.70. The lowest BCUT2D eigenvalue weighted by Gasteiger charge is -2.17. The van der Waals surface area contributed by atoms with Crippen LogP contribution in [0, 0.1) is 5.92 Å². The van der Waals surface area contributed by atoms with E-state index in [2.05, 4.69) is 4.98 Å². The number of anilines is 1. The Balaban J connectivity index is 1.91. The third kappa shape index (κ3) is 3.08. The highest BCUT2D eigenvalue weighted by molar-refractivity contribution is 5.85. The van der Waals surface area contributed by atoms with Gasteiger partial charge in [0.2, 0.25) is 0 Å². The molecule has 24 heavy (non-hydrogen) atoms. The van der Waals surface area contributed by atoms with Crippen LogP contribution in [0.2, 0.25) is 0 Å². The van der Waals surface area contributed by atoms with Crippen molar-refractivity contribution in [2.24, 2.45) is 5.92 Å². The van der Waals surface area contributed by atoms with Crippen molar-refractivity contribution in [1.82, 2.24) is 4.98 Å². The van der Waals surface area contributed by atoms with Gasteiger partial charge in [-0.25, -0.2) is 9.78 Å². The van der Waals surface area contributed by atoms with Crippen LogP contribution in [-0.4, -0.2) is 42.2 Å². The molecule has 0 aliphatic carbocycles. The molecule has 0 saturated carbocycles. The fourth-order valence-electron chi connectivity index (χ4n) is 3.14. The van der Waals surface area contributed by atoms with Gasteiger partial charge in [0.1, 0.15) is 5.82 Å². The SMILES string of the molecule is COC(=O)[C@@H]1CN(c2cccc(C(=O)O)n2)C[C@@H]1c1ccccc1. The van der Waals surface area contributed by atoms with E-state index < -0.39 is 5.97 Å². The zero-order valence-electron chi connectivity index (χ0n) is 13.3. The molecule has 6 nitrogen and oxygen atoms in total. The van der Waals surface area contributed by atoms with Crippen LogP contribution < -0.4 is 4.90 Å². The third-order valence-corrected chi connectivity index (χ3v) is 4.33. The van der Waals surface area contributed by atoms with E-state index >= 15 is 0 Å². The summed E-state index contributed by atoms with van der Waals surface area (Å²) in [5.74, 6) is -1.11. The van der Waals surface area contributed by atoms with Gasteiger partial charge in [-0.3, -0.25) is 4.79 Å². The second-order valence-corrected chi connectivity index (χ2v) is 5.74. The molecule has 1 aliphatic rings. The normalized spacial score (nSPS) is 20.0. The Hall–Kier alpha value is -2.89. The molecular formula is C18H18N2O4. The number of carboxylic acids is 1. The maximum atomic E-state index is 12.2. The second-order valence-electron chi connectivity index (χ2n) is 5.74. The van der Waals surface area contributed by atoms with Gasteiger partial charge in [0.05, 0.1) is 13.0 Å². The average molecular weight is 326 g/mol. The molecule has 0 radical (unpaired) electrons. The maximum absolute atomic E-state index is 12.2. The van der Waals surface area contributed by atoms with Crippen LogP contribution in [0.15, 0.2) is 48.5 Å². The number of methoxy groups -OCH3 is 1. The average Bonchev–Trinajstić information content (AvgIpc) is 3.07. The molecule has 0 amide bonds. The van der Waals surface area contributed by atoms with Crippen molar-refractivity contribution in [3.8, 4) is 0 Å². The topological polar surface area (TPSA) is 79.7 Å². The summed E-state index contributed by atoms with van der Waals surface area (Å²) in [7, 11) is 1.39. The highest BCUT2D eigenvalue weighted by Gasteiger charge is 2.39. The lowest BCUT2D eigenvalue weighted by atomic mass is 9.89. The molecule has 6 heteroatoms. The molecule has 2 aromatic rings. The lowest BCUT2D eigenvalue weighted by Crippen LogP contribution is -2.25. The minimum atomic E-state index is -1.07. The minimum absolute atomic E-state index is 0.00900. The number of carboxylic acid groups (broad SMARTS) is 1. The Labute approximate surface area is 139 Å². The standard InChI is InChI=1S/C18H18N2O4/c1-24-18(23)14-11-20(10-13(14)12-6-3-2-4-7-12)16-9-5-8-15(19-16)17(21)22/h2-9,13-14H,10-11H2,1H3,(H,21,22)/t13-,14-/m1/s1. The molecule has 0 unspecified atom stereocenters. The number of carbonyl (C=O) groups excluding carboxylic acids is 1. The molecule has 1 N–H and O–H groups in total. The number of ether oxygens (including phenoxy) is 1. The van der Waals surface area contributed by atoms with E-state index in [0.29, 0.717) is 18.9 Å². The number of hydrogen-bond acceptors (Lipinski definition) is 5. The van der Waals surface area contributed by atoms with Crippen molar-refractivity contribution >= 4 is 17.8 Å². The van der Waals surface area contributed by atoms with Crippen LogP contribution in [0.4, 0.5) is 5.82 Å². The molecule has 3 rings (SSSR count). The molecule has 1 aromatic carbocycles. The van der Waals surface area contributed by atoms with Crippen molar-refractivity contribution in [3.05, 3.63) is 59.8 Å². The van der Waals surface area contributed by atoms with Gasteiger partial charge in [0.25, 0.3) is 0 Å². The summed E-state index contributed by atoms with van der Waals surface area (Å²) in [5, 5.41) is 9.11. The Morgan fingerprint density at radius 1 is 1.12 bits per heavy atom. The Morgan fingerprint density at radius 3 is 2.54 bits per heavy atom. The molecule has 124 valence electrons. The molecule has 0 bridgehead atoms. The van der Waals surface area contributed by atoms with Gasteiger partial charge in [0.15, 0.2) is 5.69 Å². The van der Waals surface area contributed by atoms with E-state index in [1.165, 1.54) is 13.2 Å². The van der Waals surface area contributed by atoms with E-state index in [1.54, 1.807) is 12.1 Å². The van der Waals surface area contributed by atoms with Gasteiger partial charge in [0, 0.05) is 19.0 Å². The minimum Gasteiger partial charge on any atom is -0.477 e. The van der Waals surface area contributed by atoms with Crippen LogP contribution in [0.25, 0.3) is 0 Å². The Bertz CT molecular complexity index is 748. The molecule has 2 heterocycles. The summed E-state index contributed by atoms with van der Waals surface area (Å²) in [6, 6.07) is 14.7. The fraction of sp³-hybridized carbons (Fsp3) is 0.278. The summed E-state index contributed by atoms with van der Waals surface area (Å²) in [4.78, 5) is 29.4. The smallest absolute Gasteiger partial charge is 0.354 e. The number of rotatable bonds is 4. The van der Waals surface area contributed by atoms with Crippen molar-refractivity contribution in [2.45, 2.75) is 5.92 Å². The first kappa shape index (κ1) is 16.0. The summed E-state index contributed by atoms with van der Waals surface area (Å²) in [5.41, 5.74) is 1.05. The molecule has 1 aliphatic heterocycles. The quantitative estimate of drug-likeness (QED) is 0.868. The molecule has 2 atom stereocenters. The maximum Gasteiger partial charge on any atom is 0.354 e. The molecule has 1 saturated heterocycles. The number of nitrogens with zero attached hydrogens (tertiary/aromatic N) is 2. The molecule has 1 aromatic heterocycles. The summed E-state index contributed by atoms with van der Waals surface area (Å²) >= 11 is 0. The molecule has 1 fully saturated rings. The van der Waals surface area contributed by atoms with Gasteiger partial charge in [-0.2, -0.15) is 0 Å². The third-order valence-electron chi connectivity index (χ3n) is 4.33. The van der Waals surface area contributed by atoms with E-state index in [1.807, 2.05) is 35.2 Å². The zero-order valence-corrected chi connectivity index (χ0v) is 13.3. The van der Waals surface area contributed by atoms with Gasteiger partial charge in [-0.05, 0) is 17.7 Å². The molecular weight excluding hydrogens is 308 g/mol. The number of pyridine rings is 1. The van der Waals surface area contributed by atoms with Gasteiger partial charge >= 0.3 is 11.9 Å². The van der Waals surface area contributed by atoms with E-state index in [0.717, 1.165) is 5.56 Å². The van der Waals surface area contributed by atoms with Crippen molar-refractivity contribution in [3.63, 3.8) is 0 Å². The summed E-state index contributed by atoms with van der Waals surface area (Å²) in [6.07, 6.45) is 0. The van der Waals surface area contributed by atoms with E-state index in [-0.39, 0.29) is 23.5 Å². The monoisotopic (exact) mass is 326 g/mol.